The zero-order chi connectivity index (χ0) is 38.7. The fourth-order valence-electron chi connectivity index (χ4n) is 7.40. The minimum absolute atomic E-state index is 0.0188. The molecule has 0 aromatic heterocycles. The molecule has 11 heteroatoms. The van der Waals surface area contributed by atoms with Crippen LogP contribution in [0.25, 0.3) is 5.57 Å². The molecule has 0 bridgehead atoms. The number of ketones is 1. The number of Topliss-reactive ketones (excluding diaryl/α,β-unsaturated/α-hetero) is 1. The van der Waals surface area contributed by atoms with Gasteiger partial charge in [-0.3, -0.25) is 28.8 Å². The summed E-state index contributed by atoms with van der Waals surface area (Å²) in [5, 5.41) is 2.70. The van der Waals surface area contributed by atoms with Gasteiger partial charge in [-0.05, 0) is 61.2 Å². The van der Waals surface area contributed by atoms with Gasteiger partial charge < -0.3 is 5.32 Å². The van der Waals surface area contributed by atoms with Gasteiger partial charge in [-0.2, -0.15) is 0 Å². The Morgan fingerprint density at radius 2 is 1.26 bits per heavy atom. The van der Waals surface area contributed by atoms with Crippen molar-refractivity contribution in [1.29, 1.82) is 0 Å². The van der Waals surface area contributed by atoms with Crippen LogP contribution in [0, 0.1) is 0 Å². The third kappa shape index (κ3) is 10.3. The summed E-state index contributed by atoms with van der Waals surface area (Å²) >= 11 is 6.47. The number of hydrogen-bond acceptors (Lipinski definition) is 6. The Kier molecular flexibility index (Phi) is 14.7. The van der Waals surface area contributed by atoms with E-state index in [0.717, 1.165) is 24.8 Å². The van der Waals surface area contributed by atoms with Gasteiger partial charge in [0, 0.05) is 5.57 Å². The van der Waals surface area contributed by atoms with Gasteiger partial charge in [0.1, 0.15) is 0 Å². The van der Waals surface area contributed by atoms with E-state index in [1.54, 1.807) is 31.2 Å². The molecule has 54 heavy (non-hydrogen) atoms. The highest BCUT2D eigenvalue weighted by Crippen LogP contribution is 2.36. The first-order chi connectivity index (χ1) is 26.0. The molecule has 1 atom stereocenters. The number of rotatable bonds is 22. The number of carbonyl (C=O) groups excluding carboxylic acids is 4. The number of fused-ring (bicyclic) bond motifs is 2. The Morgan fingerprint density at radius 1 is 0.741 bits per heavy atom. The van der Waals surface area contributed by atoms with E-state index in [2.05, 4.69) is 17.0 Å². The van der Waals surface area contributed by atoms with Gasteiger partial charge in [0.2, 0.25) is 10.0 Å². The Balaban J connectivity index is 1.19. The molecule has 3 aromatic carbocycles. The molecule has 0 spiro atoms. The van der Waals surface area contributed by atoms with Crippen LogP contribution >= 0.6 is 11.6 Å². The summed E-state index contributed by atoms with van der Waals surface area (Å²) < 4.78 is 28.6. The van der Waals surface area contributed by atoms with Crippen LogP contribution < -0.4 is 10.0 Å². The number of benzene rings is 3. The molecule has 0 radical (unpaired) electrons. The van der Waals surface area contributed by atoms with Crippen LogP contribution in [0.5, 0.6) is 0 Å². The molecule has 0 saturated carbocycles. The van der Waals surface area contributed by atoms with Gasteiger partial charge in [0.05, 0.1) is 33.3 Å². The summed E-state index contributed by atoms with van der Waals surface area (Å²) in [6.07, 6.45) is 16.8. The number of imide groups is 1. The third-order valence-electron chi connectivity index (χ3n) is 10.3. The van der Waals surface area contributed by atoms with Crippen molar-refractivity contribution >= 4 is 62.1 Å². The Morgan fingerprint density at radius 3 is 1.83 bits per heavy atom. The maximum absolute atomic E-state index is 14.4. The van der Waals surface area contributed by atoms with Gasteiger partial charge >= 0.3 is 0 Å². The lowest BCUT2D eigenvalue weighted by atomic mass is 9.95. The van der Waals surface area contributed by atoms with Crippen LogP contribution in [0.2, 0.25) is 5.02 Å². The largest absolute Gasteiger partial charge is 0.322 e. The van der Waals surface area contributed by atoms with Gasteiger partial charge in [-0.1, -0.05) is 144 Å². The molecule has 2 N–H and O–H groups in total. The van der Waals surface area contributed by atoms with Gasteiger partial charge in [-0.15, -0.1) is 0 Å². The fraction of sp³-hybridized carbons (Fsp3) is 0.442. The predicted octanol–water partition coefficient (Wildman–Crippen LogP) is 9.77. The number of nitrogens with zero attached hydrogens (tertiary/aromatic N) is 1. The topological polar surface area (TPSA) is 130 Å². The van der Waals surface area contributed by atoms with Gasteiger partial charge in [-0.25, -0.2) is 8.42 Å². The summed E-state index contributed by atoms with van der Waals surface area (Å²) in [6.45, 7) is 4.03. The highest BCUT2D eigenvalue weighted by molar-refractivity contribution is 7.92. The van der Waals surface area contributed by atoms with E-state index in [1.807, 2.05) is 12.1 Å². The van der Waals surface area contributed by atoms with Gasteiger partial charge in [0.15, 0.2) is 11.8 Å². The van der Waals surface area contributed by atoms with Crippen molar-refractivity contribution in [2.45, 2.75) is 116 Å². The monoisotopic (exact) mass is 773 g/mol. The summed E-state index contributed by atoms with van der Waals surface area (Å²) in [5.74, 6) is -3.23. The molecule has 1 aliphatic heterocycles. The van der Waals surface area contributed by atoms with Crippen molar-refractivity contribution in [2.24, 2.45) is 0 Å². The molecular weight excluding hydrogens is 722 g/mol. The molecule has 0 saturated heterocycles. The summed E-state index contributed by atoms with van der Waals surface area (Å²) in [6, 6.07) is 15.9. The van der Waals surface area contributed by atoms with E-state index < -0.39 is 39.6 Å². The summed E-state index contributed by atoms with van der Waals surface area (Å²) in [5.41, 5.74) is 2.91. The zero-order valence-corrected chi connectivity index (χ0v) is 33.0. The molecule has 1 aliphatic carbocycles. The van der Waals surface area contributed by atoms with E-state index in [1.165, 1.54) is 94.5 Å². The predicted molar refractivity (Wildman–Crippen MR) is 216 cm³/mol. The second-order valence-corrected chi connectivity index (χ2v) is 16.7. The van der Waals surface area contributed by atoms with Crippen LogP contribution in [0.4, 0.5) is 11.4 Å². The van der Waals surface area contributed by atoms with E-state index in [9.17, 15) is 27.6 Å². The van der Waals surface area contributed by atoms with Crippen molar-refractivity contribution in [3.63, 3.8) is 0 Å². The number of sulfonamides is 1. The van der Waals surface area contributed by atoms with E-state index in [-0.39, 0.29) is 38.9 Å². The average molecular weight is 774 g/mol. The summed E-state index contributed by atoms with van der Waals surface area (Å²) in [7, 11) is -3.71. The van der Waals surface area contributed by atoms with Crippen LogP contribution in [0.1, 0.15) is 136 Å². The second-order valence-electron chi connectivity index (χ2n) is 14.5. The number of carbonyl (C=O) groups is 4. The molecule has 9 nitrogen and oxygen atoms in total. The smallest absolute Gasteiger partial charge is 0.262 e. The molecule has 3 amide bonds. The Labute approximate surface area is 325 Å². The number of allylic oxidation sites excluding steroid dienone is 1. The van der Waals surface area contributed by atoms with Crippen molar-refractivity contribution in [3.05, 3.63) is 99.6 Å². The maximum atomic E-state index is 14.4. The van der Waals surface area contributed by atoms with E-state index in [0.29, 0.717) is 28.9 Å². The first-order valence-electron chi connectivity index (χ1n) is 19.4. The quantitative estimate of drug-likeness (QED) is 0.0594. The minimum Gasteiger partial charge on any atom is -0.322 e. The Bertz CT molecular complexity index is 1960. The van der Waals surface area contributed by atoms with Crippen LogP contribution in [0.15, 0.2) is 72.3 Å². The number of halogens is 1. The lowest BCUT2D eigenvalue weighted by molar-refractivity contribution is -0.128. The van der Waals surface area contributed by atoms with Crippen molar-refractivity contribution in [3.8, 4) is 0 Å². The van der Waals surface area contributed by atoms with Crippen LogP contribution in [0.3, 0.4) is 0 Å². The highest BCUT2D eigenvalue weighted by Gasteiger charge is 2.48. The van der Waals surface area contributed by atoms with Gasteiger partial charge in [0.25, 0.3) is 17.7 Å². The first-order valence-corrected chi connectivity index (χ1v) is 21.5. The molecule has 2 aliphatic rings. The normalized spacial score (nSPS) is 14.3. The van der Waals surface area contributed by atoms with Crippen molar-refractivity contribution in [1.82, 2.24) is 4.90 Å². The first kappa shape index (κ1) is 40.9. The lowest BCUT2D eigenvalue weighted by Gasteiger charge is -2.25. The molecular formula is C43H52ClN3O6S. The van der Waals surface area contributed by atoms with Crippen molar-refractivity contribution < 1.29 is 27.6 Å². The van der Waals surface area contributed by atoms with Crippen LogP contribution in [-0.4, -0.2) is 48.6 Å². The number of anilines is 2. The number of unbranched alkanes of at least 4 members (excludes halogenated alkanes) is 13. The summed E-state index contributed by atoms with van der Waals surface area (Å²) in [4.78, 5) is 56.5. The zero-order valence-electron chi connectivity index (χ0n) is 31.4. The fourth-order valence-corrected chi connectivity index (χ4v) is 8.74. The maximum Gasteiger partial charge on any atom is 0.262 e. The standard InChI is InChI=1S/C43H52ClN3O6S/c1-3-4-5-6-7-8-9-10-11-12-13-14-15-20-27-54(52,53)46-32-25-26-36(44)37(29-32)45-41(49)39(47-42(50)34-23-18-19-24-35(34)43(47)51)40(48)38-30(2)28-31-21-16-17-22-33(31)38/h16-19,21-26,29,39,46H,3-15,20,27-28H2,1-2H3,(H,45,49). The third-order valence-corrected chi connectivity index (χ3v) is 12.0. The highest BCUT2D eigenvalue weighted by atomic mass is 35.5. The number of nitrogens with one attached hydrogen (secondary N) is 2. The molecule has 1 unspecified atom stereocenters. The number of amides is 3. The SMILES string of the molecule is CCCCCCCCCCCCCCCCS(=O)(=O)Nc1ccc(Cl)c(NC(=O)C(C(=O)C2=C(C)Cc3ccccc32)N2C(=O)c3ccccc3C2=O)c1. The molecule has 1 heterocycles. The minimum atomic E-state index is -3.71. The van der Waals surface area contributed by atoms with Crippen molar-refractivity contribution in [2.75, 3.05) is 15.8 Å². The lowest BCUT2D eigenvalue weighted by Crippen LogP contribution is -2.52. The average Bonchev–Trinajstić information content (AvgIpc) is 3.61. The molecule has 288 valence electrons. The molecule has 0 fully saturated rings. The van der Waals surface area contributed by atoms with Crippen LogP contribution in [-0.2, 0) is 26.0 Å². The second kappa shape index (κ2) is 19.4. The molecule has 5 rings (SSSR count). The number of hydrogen-bond donors (Lipinski definition) is 2. The Hall–Kier alpha value is -4.28. The van der Waals surface area contributed by atoms with E-state index in [4.69, 9.17) is 11.6 Å². The van der Waals surface area contributed by atoms with E-state index >= 15 is 0 Å². The molecule has 3 aromatic rings.